The minimum absolute atomic E-state index is 0.344. The minimum atomic E-state index is -0.609. The number of hydrogen-bond donors (Lipinski definition) is 0. The number of aryl methyl sites for hydroxylation is 1. The van der Waals surface area contributed by atoms with Crippen molar-refractivity contribution >= 4 is 0 Å². The summed E-state index contributed by atoms with van der Waals surface area (Å²) in [7, 11) is 0. The molecule has 0 bridgehead atoms. The fourth-order valence-corrected chi connectivity index (χ4v) is 3.65. The maximum atomic E-state index is 13.3. The first-order valence-electron chi connectivity index (χ1n) is 9.35. The van der Waals surface area contributed by atoms with Gasteiger partial charge in [0.05, 0.1) is 0 Å². The Hall–Kier alpha value is -2.92. The van der Waals surface area contributed by atoms with E-state index in [0.717, 1.165) is 24.5 Å². The third-order valence-corrected chi connectivity index (χ3v) is 4.98. The van der Waals surface area contributed by atoms with Crippen molar-refractivity contribution in [1.29, 1.82) is 0 Å². The smallest absolute Gasteiger partial charge is 0.127 e. The molecule has 0 saturated carbocycles. The predicted octanol–water partition coefficient (Wildman–Crippen LogP) is 6.28. The lowest BCUT2D eigenvalue weighted by molar-refractivity contribution is 0.582. The summed E-state index contributed by atoms with van der Waals surface area (Å²) in [5.41, 5.74) is 7.79. The van der Waals surface area contributed by atoms with Gasteiger partial charge >= 0.3 is 0 Å². The van der Waals surface area contributed by atoms with Gasteiger partial charge in [-0.15, -0.1) is 0 Å². The Bertz CT molecular complexity index is 1050. The number of benzene rings is 3. The number of hydrogen-bond acceptors (Lipinski definition) is 0. The van der Waals surface area contributed by atoms with Crippen LogP contribution in [0.2, 0.25) is 0 Å². The summed E-state index contributed by atoms with van der Waals surface area (Å²) in [4.78, 5) is 0. The fraction of sp³-hybridized carbons (Fsp3) is 0.200. The number of unbranched alkanes of at least 4 members (excludes halogenated alkanes) is 1. The molecule has 0 unspecified atom stereocenters. The molecule has 4 rings (SSSR count). The summed E-state index contributed by atoms with van der Waals surface area (Å²) in [5, 5.41) is 0. The van der Waals surface area contributed by atoms with Crippen LogP contribution in [0.3, 0.4) is 0 Å². The Morgan fingerprint density at radius 3 is 2.19 bits per heavy atom. The van der Waals surface area contributed by atoms with E-state index in [2.05, 4.69) is 49.1 Å². The average Bonchev–Trinajstić information content (AvgIpc) is 3.00. The third-order valence-electron chi connectivity index (χ3n) is 4.98. The quantitative estimate of drug-likeness (QED) is 0.378. The van der Waals surface area contributed by atoms with Crippen molar-refractivity contribution in [1.82, 2.24) is 0 Å². The highest BCUT2D eigenvalue weighted by atomic mass is 19.1. The standard InChI is InChI=1S/C25H20F2/c1-2-3-4-17-7-9-24-20(11-17)15-21-12-18(8-10-25(21)24)5-6-19-13-22(26)16-23(27)14-19/h7-14,16H,2-4,15H2,1H3. The monoisotopic (exact) mass is 358 g/mol. The zero-order valence-corrected chi connectivity index (χ0v) is 15.3. The summed E-state index contributed by atoms with van der Waals surface area (Å²) in [6.45, 7) is 2.21. The van der Waals surface area contributed by atoms with Crippen molar-refractivity contribution in [2.45, 2.75) is 32.6 Å². The van der Waals surface area contributed by atoms with Crippen LogP contribution in [0, 0.1) is 23.5 Å². The van der Waals surface area contributed by atoms with Crippen LogP contribution in [0.15, 0.2) is 54.6 Å². The van der Waals surface area contributed by atoms with Gasteiger partial charge in [-0.3, -0.25) is 0 Å². The fourth-order valence-electron chi connectivity index (χ4n) is 3.65. The zero-order chi connectivity index (χ0) is 18.8. The lowest BCUT2D eigenvalue weighted by Gasteiger charge is -2.04. The summed E-state index contributed by atoms with van der Waals surface area (Å²) in [6.07, 6.45) is 4.45. The molecular formula is C25H20F2. The van der Waals surface area contributed by atoms with E-state index in [1.54, 1.807) is 0 Å². The molecule has 0 nitrogen and oxygen atoms in total. The highest BCUT2D eigenvalue weighted by Gasteiger charge is 2.18. The Labute approximate surface area is 158 Å². The molecule has 0 heterocycles. The van der Waals surface area contributed by atoms with Crippen LogP contribution in [0.5, 0.6) is 0 Å². The Balaban J connectivity index is 1.59. The van der Waals surface area contributed by atoms with Gasteiger partial charge in [0.2, 0.25) is 0 Å². The Morgan fingerprint density at radius 2 is 1.44 bits per heavy atom. The van der Waals surface area contributed by atoms with E-state index < -0.39 is 11.6 Å². The molecule has 1 aliphatic carbocycles. The number of halogens is 2. The lowest BCUT2D eigenvalue weighted by atomic mass is 10.0. The van der Waals surface area contributed by atoms with Crippen LogP contribution in [0.4, 0.5) is 8.78 Å². The highest BCUT2D eigenvalue weighted by molar-refractivity contribution is 5.77. The van der Waals surface area contributed by atoms with Crippen molar-refractivity contribution in [3.8, 4) is 23.0 Å². The molecule has 0 N–H and O–H groups in total. The maximum absolute atomic E-state index is 13.3. The van der Waals surface area contributed by atoms with E-state index in [4.69, 9.17) is 0 Å². The minimum Gasteiger partial charge on any atom is -0.207 e. The molecule has 2 heteroatoms. The first-order valence-corrected chi connectivity index (χ1v) is 9.35. The van der Waals surface area contributed by atoms with Crippen molar-refractivity contribution in [3.05, 3.63) is 94.0 Å². The highest BCUT2D eigenvalue weighted by Crippen LogP contribution is 2.37. The average molecular weight is 358 g/mol. The Morgan fingerprint density at radius 1 is 0.778 bits per heavy atom. The Kier molecular flexibility index (Phi) is 4.77. The lowest BCUT2D eigenvalue weighted by Crippen LogP contribution is -1.88. The van der Waals surface area contributed by atoms with E-state index in [9.17, 15) is 8.78 Å². The van der Waals surface area contributed by atoms with Crippen LogP contribution in [-0.4, -0.2) is 0 Å². The molecular weight excluding hydrogens is 338 g/mol. The summed E-state index contributed by atoms with van der Waals surface area (Å²) in [6, 6.07) is 16.3. The van der Waals surface area contributed by atoms with Crippen LogP contribution < -0.4 is 0 Å². The van der Waals surface area contributed by atoms with E-state index in [1.165, 1.54) is 52.8 Å². The van der Waals surface area contributed by atoms with Gasteiger partial charge in [-0.1, -0.05) is 49.5 Å². The molecule has 1 aliphatic rings. The van der Waals surface area contributed by atoms with Gasteiger partial charge in [0.25, 0.3) is 0 Å². The molecule has 3 aromatic rings. The molecule has 0 saturated heterocycles. The van der Waals surface area contributed by atoms with Crippen molar-refractivity contribution in [3.63, 3.8) is 0 Å². The molecule has 27 heavy (non-hydrogen) atoms. The third kappa shape index (κ3) is 3.78. The second-order valence-corrected chi connectivity index (χ2v) is 7.05. The van der Waals surface area contributed by atoms with Gasteiger partial charge in [-0.2, -0.15) is 0 Å². The molecule has 0 aliphatic heterocycles. The molecule has 134 valence electrons. The van der Waals surface area contributed by atoms with Gasteiger partial charge in [0, 0.05) is 17.2 Å². The van der Waals surface area contributed by atoms with Crippen LogP contribution in [0.25, 0.3) is 11.1 Å². The van der Waals surface area contributed by atoms with Gasteiger partial charge in [0.15, 0.2) is 0 Å². The maximum Gasteiger partial charge on any atom is 0.127 e. The summed E-state index contributed by atoms with van der Waals surface area (Å²) < 4.78 is 26.6. The zero-order valence-electron chi connectivity index (χ0n) is 15.3. The molecule has 3 aromatic carbocycles. The second-order valence-electron chi connectivity index (χ2n) is 7.05. The van der Waals surface area contributed by atoms with E-state index in [0.29, 0.717) is 5.56 Å². The van der Waals surface area contributed by atoms with Crippen LogP contribution in [-0.2, 0) is 12.8 Å². The summed E-state index contributed by atoms with van der Waals surface area (Å²) >= 11 is 0. The van der Waals surface area contributed by atoms with Gasteiger partial charge < -0.3 is 0 Å². The second kappa shape index (κ2) is 7.37. The first-order chi connectivity index (χ1) is 13.1. The van der Waals surface area contributed by atoms with Crippen molar-refractivity contribution in [2.75, 3.05) is 0 Å². The first kappa shape index (κ1) is 17.5. The van der Waals surface area contributed by atoms with Crippen molar-refractivity contribution < 1.29 is 8.78 Å². The number of rotatable bonds is 3. The van der Waals surface area contributed by atoms with E-state index in [-0.39, 0.29) is 0 Å². The number of fused-ring (bicyclic) bond motifs is 3. The van der Waals surface area contributed by atoms with Crippen molar-refractivity contribution in [2.24, 2.45) is 0 Å². The molecule has 0 fully saturated rings. The largest absolute Gasteiger partial charge is 0.207 e. The summed E-state index contributed by atoms with van der Waals surface area (Å²) in [5.74, 6) is 4.67. The van der Waals surface area contributed by atoms with Crippen LogP contribution >= 0.6 is 0 Å². The SMILES string of the molecule is CCCCc1ccc2c(c1)Cc1cc(C#Cc3cc(F)cc(F)c3)ccc1-2. The van der Waals surface area contributed by atoms with E-state index >= 15 is 0 Å². The predicted molar refractivity (Wildman–Crippen MR) is 106 cm³/mol. The van der Waals surface area contributed by atoms with E-state index in [1.807, 2.05) is 6.07 Å². The normalized spacial score (nSPS) is 11.5. The van der Waals surface area contributed by atoms with Gasteiger partial charge in [-0.25, -0.2) is 8.78 Å². The molecule has 0 amide bonds. The van der Waals surface area contributed by atoms with Gasteiger partial charge in [0.1, 0.15) is 11.6 Å². The molecule has 0 spiro atoms. The molecule has 0 aromatic heterocycles. The van der Waals surface area contributed by atoms with Gasteiger partial charge in [-0.05, 0) is 71.3 Å². The molecule has 0 atom stereocenters. The molecule has 0 radical (unpaired) electrons. The van der Waals surface area contributed by atoms with Crippen LogP contribution in [0.1, 0.15) is 47.6 Å². The topological polar surface area (TPSA) is 0 Å².